The monoisotopic (exact) mass is 453 g/mol. The fourth-order valence-electron chi connectivity index (χ4n) is 4.62. The van der Waals surface area contributed by atoms with Gasteiger partial charge in [-0.25, -0.2) is 0 Å². The summed E-state index contributed by atoms with van der Waals surface area (Å²) >= 11 is 1.38. The van der Waals surface area contributed by atoms with E-state index in [9.17, 15) is 9.59 Å². The van der Waals surface area contributed by atoms with Crippen molar-refractivity contribution >= 4 is 29.1 Å². The average Bonchev–Trinajstić information content (AvgIpc) is 2.81. The molecule has 6 heteroatoms. The lowest BCUT2D eigenvalue weighted by molar-refractivity contribution is -0.115. The summed E-state index contributed by atoms with van der Waals surface area (Å²) in [6.07, 6.45) is 6.16. The molecular weight excluding hydrogens is 422 g/mol. The first kappa shape index (κ1) is 22.7. The van der Waals surface area contributed by atoms with E-state index < -0.39 is 5.25 Å². The predicted molar refractivity (Wildman–Crippen MR) is 129 cm³/mol. The number of carbonyl (C=O) groups excluding carboxylic acids is 2. The first-order valence-corrected chi connectivity index (χ1v) is 12.6. The van der Waals surface area contributed by atoms with Gasteiger partial charge in [0.15, 0.2) is 5.78 Å². The Balaban J connectivity index is 1.58. The van der Waals surface area contributed by atoms with Gasteiger partial charge < -0.3 is 14.8 Å². The summed E-state index contributed by atoms with van der Waals surface area (Å²) < 4.78 is 11.3. The number of anilines is 1. The van der Waals surface area contributed by atoms with Gasteiger partial charge in [-0.15, -0.1) is 11.8 Å². The highest BCUT2D eigenvalue weighted by Gasteiger charge is 2.32. The zero-order valence-electron chi connectivity index (χ0n) is 18.8. The number of amides is 1. The van der Waals surface area contributed by atoms with E-state index >= 15 is 0 Å². The van der Waals surface area contributed by atoms with Crippen molar-refractivity contribution in [2.75, 3.05) is 24.3 Å². The van der Waals surface area contributed by atoms with E-state index in [1.54, 1.807) is 6.07 Å². The largest absolute Gasteiger partial charge is 0.494 e. The molecule has 2 aromatic rings. The van der Waals surface area contributed by atoms with Crippen molar-refractivity contribution in [1.82, 2.24) is 0 Å². The second-order valence-corrected chi connectivity index (χ2v) is 9.40. The SMILES string of the molecule is CCOc1ccc(OCC)c(NC(=O)[C@@H]2SCC(=O)c3cc(C4CCCCC4)ccc32)c1. The van der Waals surface area contributed by atoms with Crippen LogP contribution in [0.5, 0.6) is 11.5 Å². The Morgan fingerprint density at radius 2 is 1.81 bits per heavy atom. The smallest absolute Gasteiger partial charge is 0.242 e. The number of Topliss-reactive ketones (excluding diaryl/α,β-unsaturated/α-hetero) is 1. The van der Waals surface area contributed by atoms with Gasteiger partial charge in [0, 0.05) is 11.6 Å². The molecule has 4 rings (SSSR count). The van der Waals surface area contributed by atoms with Crippen molar-refractivity contribution in [3.8, 4) is 11.5 Å². The van der Waals surface area contributed by atoms with Crippen LogP contribution in [0, 0.1) is 0 Å². The molecule has 2 aromatic carbocycles. The maximum Gasteiger partial charge on any atom is 0.242 e. The van der Waals surface area contributed by atoms with Crippen molar-refractivity contribution in [2.45, 2.75) is 57.1 Å². The van der Waals surface area contributed by atoms with Crippen LogP contribution in [0.2, 0.25) is 0 Å². The van der Waals surface area contributed by atoms with E-state index in [1.807, 2.05) is 32.0 Å². The van der Waals surface area contributed by atoms with Crippen LogP contribution in [0.3, 0.4) is 0 Å². The highest BCUT2D eigenvalue weighted by molar-refractivity contribution is 8.01. The highest BCUT2D eigenvalue weighted by atomic mass is 32.2. The van der Waals surface area contributed by atoms with Gasteiger partial charge in [0.1, 0.15) is 16.7 Å². The zero-order valence-corrected chi connectivity index (χ0v) is 19.6. The number of ether oxygens (including phenoxy) is 2. The quantitative estimate of drug-likeness (QED) is 0.545. The molecule has 0 aromatic heterocycles. The van der Waals surface area contributed by atoms with Crippen LogP contribution in [0.25, 0.3) is 0 Å². The highest BCUT2D eigenvalue weighted by Crippen LogP contribution is 2.41. The number of ketones is 1. The minimum atomic E-state index is -0.437. The Kier molecular flexibility index (Phi) is 7.40. The summed E-state index contributed by atoms with van der Waals surface area (Å²) in [6.45, 7) is 4.86. The Labute approximate surface area is 194 Å². The molecule has 0 saturated heterocycles. The minimum Gasteiger partial charge on any atom is -0.494 e. The number of benzene rings is 2. The van der Waals surface area contributed by atoms with Crippen molar-refractivity contribution in [3.63, 3.8) is 0 Å². The molecule has 1 fully saturated rings. The number of hydrogen-bond acceptors (Lipinski definition) is 5. The number of carbonyl (C=O) groups is 2. The van der Waals surface area contributed by atoms with Crippen LogP contribution in [0.15, 0.2) is 36.4 Å². The standard InChI is InChI=1S/C26H31NO4S/c1-3-30-19-11-13-24(31-4-2)22(15-19)27-26(29)25-20-12-10-18(17-8-6-5-7-9-17)14-21(20)23(28)16-32-25/h10-15,17,25H,3-9,16H2,1-2H3,(H,27,29)/t25-/m1/s1. The molecule has 0 unspecified atom stereocenters. The van der Waals surface area contributed by atoms with Crippen LogP contribution in [0.1, 0.15) is 78.6 Å². The molecule has 1 N–H and O–H groups in total. The van der Waals surface area contributed by atoms with Crippen LogP contribution in [-0.2, 0) is 4.79 Å². The Morgan fingerprint density at radius 3 is 2.56 bits per heavy atom. The van der Waals surface area contributed by atoms with Crippen LogP contribution in [-0.4, -0.2) is 30.7 Å². The van der Waals surface area contributed by atoms with Gasteiger partial charge in [-0.2, -0.15) is 0 Å². The van der Waals surface area contributed by atoms with Gasteiger partial charge in [0.25, 0.3) is 0 Å². The van der Waals surface area contributed by atoms with E-state index in [0.717, 1.165) is 5.56 Å². The zero-order chi connectivity index (χ0) is 22.5. The molecule has 0 bridgehead atoms. The molecule has 1 amide bonds. The maximum absolute atomic E-state index is 13.3. The fourth-order valence-corrected chi connectivity index (χ4v) is 5.69. The van der Waals surface area contributed by atoms with Crippen molar-refractivity contribution in [1.29, 1.82) is 0 Å². The molecule has 1 aliphatic heterocycles. The summed E-state index contributed by atoms with van der Waals surface area (Å²) in [5, 5.41) is 2.58. The fraction of sp³-hybridized carbons (Fsp3) is 0.462. The van der Waals surface area contributed by atoms with Crippen LogP contribution in [0.4, 0.5) is 5.69 Å². The van der Waals surface area contributed by atoms with Crippen LogP contribution < -0.4 is 14.8 Å². The average molecular weight is 454 g/mol. The van der Waals surface area contributed by atoms with Crippen molar-refractivity contribution < 1.29 is 19.1 Å². The second kappa shape index (κ2) is 10.4. The number of fused-ring (bicyclic) bond motifs is 1. The number of hydrogen-bond donors (Lipinski definition) is 1. The summed E-state index contributed by atoms with van der Waals surface area (Å²) in [5.74, 6) is 2.09. The van der Waals surface area contributed by atoms with E-state index in [4.69, 9.17) is 9.47 Å². The summed E-state index contributed by atoms with van der Waals surface area (Å²) in [7, 11) is 0. The van der Waals surface area contributed by atoms with E-state index in [1.165, 1.54) is 49.4 Å². The molecule has 1 aliphatic carbocycles. The summed E-state index contributed by atoms with van der Waals surface area (Å²) in [4.78, 5) is 26.0. The van der Waals surface area contributed by atoms with Crippen molar-refractivity contribution in [2.24, 2.45) is 0 Å². The second-order valence-electron chi connectivity index (χ2n) is 8.31. The van der Waals surface area contributed by atoms with Gasteiger partial charge in [-0.3, -0.25) is 9.59 Å². The molecule has 1 heterocycles. The third kappa shape index (κ3) is 4.96. The first-order chi connectivity index (χ1) is 15.6. The molecule has 1 saturated carbocycles. The normalized spacial score (nSPS) is 18.7. The maximum atomic E-state index is 13.3. The lowest BCUT2D eigenvalue weighted by atomic mass is 9.82. The Hall–Kier alpha value is -2.47. The van der Waals surface area contributed by atoms with Crippen molar-refractivity contribution in [3.05, 3.63) is 53.1 Å². The minimum absolute atomic E-state index is 0.111. The molecule has 5 nitrogen and oxygen atoms in total. The van der Waals surface area contributed by atoms with Gasteiger partial charge in [-0.05, 0) is 61.9 Å². The Morgan fingerprint density at radius 1 is 1.03 bits per heavy atom. The number of rotatable bonds is 7. The molecule has 2 aliphatic rings. The lowest BCUT2D eigenvalue weighted by Crippen LogP contribution is -2.26. The summed E-state index contributed by atoms with van der Waals surface area (Å²) in [5.41, 5.74) is 3.34. The molecule has 170 valence electrons. The van der Waals surface area contributed by atoms with Gasteiger partial charge >= 0.3 is 0 Å². The number of thioether (sulfide) groups is 1. The molecule has 1 atom stereocenters. The molecule has 32 heavy (non-hydrogen) atoms. The van der Waals surface area contributed by atoms with E-state index in [0.29, 0.717) is 47.6 Å². The number of nitrogens with one attached hydrogen (secondary N) is 1. The summed E-state index contributed by atoms with van der Waals surface area (Å²) in [6, 6.07) is 11.6. The third-order valence-corrected chi connectivity index (χ3v) is 7.41. The van der Waals surface area contributed by atoms with E-state index in [-0.39, 0.29) is 11.7 Å². The topological polar surface area (TPSA) is 64.6 Å². The van der Waals surface area contributed by atoms with Gasteiger partial charge in [0.05, 0.1) is 24.7 Å². The Bertz CT molecular complexity index is 984. The van der Waals surface area contributed by atoms with E-state index in [2.05, 4.69) is 17.4 Å². The predicted octanol–water partition coefficient (Wildman–Crippen LogP) is 6.14. The van der Waals surface area contributed by atoms with Gasteiger partial charge in [0.2, 0.25) is 5.91 Å². The lowest BCUT2D eigenvalue weighted by Gasteiger charge is -2.27. The molecular formula is C26H31NO4S. The third-order valence-electron chi connectivity index (χ3n) is 6.18. The first-order valence-electron chi connectivity index (χ1n) is 11.6. The molecule has 0 radical (unpaired) electrons. The molecule has 0 spiro atoms. The van der Waals surface area contributed by atoms with Gasteiger partial charge in [-0.1, -0.05) is 31.4 Å². The van der Waals surface area contributed by atoms with Crippen LogP contribution >= 0.6 is 11.8 Å².